The van der Waals surface area contributed by atoms with Gasteiger partial charge in [0.2, 0.25) is 10.0 Å². The molecule has 0 radical (unpaired) electrons. The summed E-state index contributed by atoms with van der Waals surface area (Å²) in [5.74, 6) is 2.27. The van der Waals surface area contributed by atoms with E-state index in [1.165, 1.54) is 37.0 Å². The average molecular weight is 445 g/mol. The monoisotopic (exact) mass is 444 g/mol. The van der Waals surface area contributed by atoms with Gasteiger partial charge in [0, 0.05) is 44.5 Å². The van der Waals surface area contributed by atoms with Gasteiger partial charge in [0.15, 0.2) is 17.3 Å². The van der Waals surface area contributed by atoms with E-state index in [-0.39, 0.29) is 4.90 Å². The largest absolute Gasteiger partial charge is 0.493 e. The van der Waals surface area contributed by atoms with Crippen LogP contribution in [0.25, 0.3) is 5.82 Å². The Morgan fingerprint density at radius 3 is 2.26 bits per heavy atom. The molecule has 0 atom stereocenters. The van der Waals surface area contributed by atoms with Gasteiger partial charge >= 0.3 is 0 Å². The van der Waals surface area contributed by atoms with Crippen molar-refractivity contribution in [2.75, 3.05) is 45.3 Å². The van der Waals surface area contributed by atoms with Crippen LogP contribution in [0.4, 0.5) is 5.82 Å². The summed E-state index contributed by atoms with van der Waals surface area (Å²) in [6.45, 7) is 3.63. The van der Waals surface area contributed by atoms with Crippen LogP contribution in [0.1, 0.15) is 5.69 Å². The molecule has 10 nitrogen and oxygen atoms in total. The SMILES string of the molecule is COc1ccc(S(=O)(=O)N2CCN(c3cc(-n4ccc(C)n4)ncn3)CC2)cc1OC. The Balaban J connectivity index is 1.48. The summed E-state index contributed by atoms with van der Waals surface area (Å²) in [7, 11) is -0.658. The number of anilines is 1. The zero-order valence-electron chi connectivity index (χ0n) is 17.6. The molecule has 1 aromatic carbocycles. The fourth-order valence-corrected chi connectivity index (χ4v) is 4.90. The highest BCUT2D eigenvalue weighted by Gasteiger charge is 2.30. The Labute approximate surface area is 181 Å². The summed E-state index contributed by atoms with van der Waals surface area (Å²) in [4.78, 5) is 10.9. The van der Waals surface area contributed by atoms with E-state index in [2.05, 4.69) is 15.1 Å². The van der Waals surface area contributed by atoms with Crippen molar-refractivity contribution in [2.24, 2.45) is 0 Å². The topological polar surface area (TPSA) is 103 Å². The summed E-state index contributed by atoms with van der Waals surface area (Å²) in [6.07, 6.45) is 3.34. The molecule has 1 aliphatic heterocycles. The molecule has 3 heterocycles. The predicted molar refractivity (Wildman–Crippen MR) is 114 cm³/mol. The van der Waals surface area contributed by atoms with Crippen LogP contribution in [0.5, 0.6) is 11.5 Å². The molecule has 0 bridgehead atoms. The van der Waals surface area contributed by atoms with Crippen molar-refractivity contribution in [2.45, 2.75) is 11.8 Å². The lowest BCUT2D eigenvalue weighted by Crippen LogP contribution is -2.49. The number of benzene rings is 1. The average Bonchev–Trinajstić information content (AvgIpc) is 3.25. The van der Waals surface area contributed by atoms with E-state index in [1.54, 1.807) is 10.7 Å². The van der Waals surface area contributed by atoms with Crippen molar-refractivity contribution in [3.63, 3.8) is 0 Å². The fourth-order valence-electron chi connectivity index (χ4n) is 3.46. The lowest BCUT2D eigenvalue weighted by molar-refractivity contribution is 0.353. The van der Waals surface area contributed by atoms with Gasteiger partial charge in [-0.25, -0.2) is 23.1 Å². The molecule has 4 rings (SSSR count). The Kier molecular flexibility index (Phi) is 5.79. The minimum absolute atomic E-state index is 0.178. The number of hydrogen-bond donors (Lipinski definition) is 0. The highest BCUT2D eigenvalue weighted by Crippen LogP contribution is 2.31. The number of aryl methyl sites for hydroxylation is 1. The minimum Gasteiger partial charge on any atom is -0.493 e. The predicted octanol–water partition coefficient (Wildman–Crippen LogP) is 1.50. The second-order valence-electron chi connectivity index (χ2n) is 7.04. The van der Waals surface area contributed by atoms with Gasteiger partial charge in [-0.05, 0) is 25.1 Å². The molecule has 2 aromatic heterocycles. The second kappa shape index (κ2) is 8.52. The van der Waals surface area contributed by atoms with Crippen molar-refractivity contribution in [1.29, 1.82) is 0 Å². The first-order chi connectivity index (χ1) is 14.9. The van der Waals surface area contributed by atoms with Gasteiger partial charge in [-0.15, -0.1) is 0 Å². The van der Waals surface area contributed by atoms with Gasteiger partial charge in [0.1, 0.15) is 12.1 Å². The minimum atomic E-state index is -3.65. The number of rotatable bonds is 6. The van der Waals surface area contributed by atoms with Crippen molar-refractivity contribution >= 4 is 15.8 Å². The zero-order valence-corrected chi connectivity index (χ0v) is 18.4. The number of sulfonamides is 1. The maximum atomic E-state index is 13.1. The molecule has 31 heavy (non-hydrogen) atoms. The number of ether oxygens (including phenoxy) is 2. The van der Waals surface area contributed by atoms with Gasteiger partial charge in [0.25, 0.3) is 0 Å². The van der Waals surface area contributed by atoms with Crippen LogP contribution in [0.2, 0.25) is 0 Å². The Morgan fingerprint density at radius 2 is 1.61 bits per heavy atom. The zero-order chi connectivity index (χ0) is 22.0. The molecule has 0 saturated carbocycles. The van der Waals surface area contributed by atoms with Crippen molar-refractivity contribution in [3.05, 3.63) is 48.5 Å². The van der Waals surface area contributed by atoms with Gasteiger partial charge < -0.3 is 14.4 Å². The molecule has 0 spiro atoms. The third-order valence-corrected chi connectivity index (χ3v) is 7.05. The molecule has 0 N–H and O–H groups in total. The van der Waals surface area contributed by atoms with Crippen LogP contribution in [0.3, 0.4) is 0 Å². The lowest BCUT2D eigenvalue weighted by Gasteiger charge is -2.34. The standard InChI is InChI=1S/C20H24N6O4S/c1-15-6-7-26(23-15)20-13-19(21-14-22-20)24-8-10-25(11-9-24)31(27,28)16-4-5-17(29-2)18(12-16)30-3/h4-7,12-14H,8-11H2,1-3H3. The van der Waals surface area contributed by atoms with Crippen LogP contribution in [0.15, 0.2) is 47.8 Å². The first kappa shape index (κ1) is 21.1. The maximum absolute atomic E-state index is 13.1. The molecule has 164 valence electrons. The molecule has 1 saturated heterocycles. The summed E-state index contributed by atoms with van der Waals surface area (Å²) in [6, 6.07) is 8.38. The van der Waals surface area contributed by atoms with E-state index >= 15 is 0 Å². The van der Waals surface area contributed by atoms with E-state index in [9.17, 15) is 8.42 Å². The molecule has 1 fully saturated rings. The summed E-state index contributed by atoms with van der Waals surface area (Å²) in [5.41, 5.74) is 0.897. The van der Waals surface area contributed by atoms with Crippen LogP contribution < -0.4 is 14.4 Å². The Hall–Kier alpha value is -3.18. The molecule has 0 unspecified atom stereocenters. The van der Waals surface area contributed by atoms with Crippen LogP contribution in [-0.4, -0.2) is 72.9 Å². The van der Waals surface area contributed by atoms with Crippen molar-refractivity contribution < 1.29 is 17.9 Å². The fraction of sp³-hybridized carbons (Fsp3) is 0.350. The summed E-state index contributed by atoms with van der Waals surface area (Å²) in [5, 5.41) is 4.37. The van der Waals surface area contributed by atoms with E-state index in [0.29, 0.717) is 43.5 Å². The quantitative estimate of drug-likeness (QED) is 0.564. The Bertz CT molecular complexity index is 1170. The number of hydrogen-bond acceptors (Lipinski definition) is 8. The van der Waals surface area contributed by atoms with E-state index in [4.69, 9.17) is 9.47 Å². The third kappa shape index (κ3) is 4.19. The molecule has 0 aliphatic carbocycles. The molecular formula is C20H24N6O4S. The summed E-state index contributed by atoms with van der Waals surface area (Å²) < 4.78 is 39.8. The normalized spacial score (nSPS) is 15.1. The van der Waals surface area contributed by atoms with Gasteiger partial charge in [0.05, 0.1) is 24.8 Å². The summed E-state index contributed by atoms with van der Waals surface area (Å²) >= 11 is 0. The van der Waals surface area contributed by atoms with Crippen LogP contribution >= 0.6 is 0 Å². The molecule has 3 aromatic rings. The van der Waals surface area contributed by atoms with Crippen molar-refractivity contribution in [3.8, 4) is 17.3 Å². The van der Waals surface area contributed by atoms with E-state index < -0.39 is 10.0 Å². The maximum Gasteiger partial charge on any atom is 0.243 e. The van der Waals surface area contributed by atoms with E-state index in [0.717, 1.165) is 11.5 Å². The van der Waals surface area contributed by atoms with E-state index in [1.807, 2.05) is 30.2 Å². The molecule has 11 heteroatoms. The highest BCUT2D eigenvalue weighted by molar-refractivity contribution is 7.89. The molecule has 1 aliphatic rings. The number of piperazine rings is 1. The van der Waals surface area contributed by atoms with Gasteiger partial charge in [-0.3, -0.25) is 0 Å². The lowest BCUT2D eigenvalue weighted by atomic mass is 10.3. The van der Waals surface area contributed by atoms with Gasteiger partial charge in [-0.1, -0.05) is 0 Å². The van der Waals surface area contributed by atoms with Crippen LogP contribution in [-0.2, 0) is 10.0 Å². The van der Waals surface area contributed by atoms with Crippen LogP contribution in [0, 0.1) is 6.92 Å². The first-order valence-electron chi connectivity index (χ1n) is 9.74. The number of methoxy groups -OCH3 is 2. The third-order valence-electron chi connectivity index (χ3n) is 5.15. The van der Waals surface area contributed by atoms with Crippen molar-refractivity contribution in [1.82, 2.24) is 24.1 Å². The smallest absolute Gasteiger partial charge is 0.243 e. The Morgan fingerprint density at radius 1 is 0.903 bits per heavy atom. The number of aromatic nitrogens is 4. The number of nitrogens with zero attached hydrogens (tertiary/aromatic N) is 6. The first-order valence-corrected chi connectivity index (χ1v) is 11.2. The van der Waals surface area contributed by atoms with Gasteiger partial charge in [-0.2, -0.15) is 9.40 Å². The molecule has 0 amide bonds. The second-order valence-corrected chi connectivity index (χ2v) is 8.98. The highest BCUT2D eigenvalue weighted by atomic mass is 32.2. The molecular weight excluding hydrogens is 420 g/mol.